The maximum Gasteiger partial charge on any atom is 0.313 e. The molecule has 1 heterocycles. The molecule has 0 spiro atoms. The van der Waals surface area contributed by atoms with Gasteiger partial charge in [-0.25, -0.2) is 0 Å². The van der Waals surface area contributed by atoms with Crippen molar-refractivity contribution in [1.29, 1.82) is 0 Å². The van der Waals surface area contributed by atoms with Crippen molar-refractivity contribution in [3.05, 3.63) is 22.7 Å². The van der Waals surface area contributed by atoms with E-state index in [9.17, 15) is 9.59 Å². The lowest BCUT2D eigenvalue weighted by atomic mass is 9.97. The van der Waals surface area contributed by atoms with E-state index in [1.54, 1.807) is 19.1 Å². The van der Waals surface area contributed by atoms with Crippen molar-refractivity contribution < 1.29 is 19.1 Å². The summed E-state index contributed by atoms with van der Waals surface area (Å²) in [6, 6.07) is 5.32. The summed E-state index contributed by atoms with van der Waals surface area (Å²) < 4.78 is 11.5. The number of halogens is 1. The second-order valence-corrected chi connectivity index (χ2v) is 5.35. The van der Waals surface area contributed by atoms with Crippen LogP contribution in [0.3, 0.4) is 0 Å². The Bertz CT molecular complexity index is 532. The van der Waals surface area contributed by atoms with E-state index in [0.717, 1.165) is 4.47 Å². The zero-order valence-electron chi connectivity index (χ0n) is 11.3. The molecule has 20 heavy (non-hydrogen) atoms. The number of nitrogens with one attached hydrogen (secondary N) is 1. The summed E-state index contributed by atoms with van der Waals surface area (Å²) >= 11 is 3.35. The SMILES string of the molecule is CCOC(=O)C(CC)C1Oc2cc(Br)ccc2NC1=O. The molecule has 2 atom stereocenters. The highest BCUT2D eigenvalue weighted by atomic mass is 79.9. The van der Waals surface area contributed by atoms with Crippen LogP contribution in [0.1, 0.15) is 20.3 Å². The monoisotopic (exact) mass is 341 g/mol. The van der Waals surface area contributed by atoms with Crippen LogP contribution in [0.15, 0.2) is 22.7 Å². The molecular formula is C14H16BrNO4. The van der Waals surface area contributed by atoms with Gasteiger partial charge in [-0.3, -0.25) is 9.59 Å². The van der Waals surface area contributed by atoms with E-state index in [1.807, 2.05) is 13.0 Å². The molecule has 0 saturated heterocycles. The Hall–Kier alpha value is -1.56. The van der Waals surface area contributed by atoms with Gasteiger partial charge < -0.3 is 14.8 Å². The predicted octanol–water partition coefficient (Wildman–Crippen LogP) is 2.74. The van der Waals surface area contributed by atoms with Gasteiger partial charge in [0.2, 0.25) is 0 Å². The van der Waals surface area contributed by atoms with E-state index in [1.165, 1.54) is 0 Å². The van der Waals surface area contributed by atoms with Crippen molar-refractivity contribution >= 4 is 33.5 Å². The second-order valence-electron chi connectivity index (χ2n) is 4.43. The fourth-order valence-electron chi connectivity index (χ4n) is 2.11. The number of amides is 1. The van der Waals surface area contributed by atoms with Crippen LogP contribution in [0.25, 0.3) is 0 Å². The van der Waals surface area contributed by atoms with Gasteiger partial charge in [-0.1, -0.05) is 22.9 Å². The first kappa shape index (κ1) is 14.8. The standard InChI is InChI=1S/C14H16BrNO4/c1-3-9(14(18)19-4-2)12-13(17)16-10-6-5-8(15)7-11(10)20-12/h5-7,9,12H,3-4H2,1-2H3,(H,16,17). The van der Waals surface area contributed by atoms with Crippen LogP contribution in [0, 0.1) is 5.92 Å². The lowest BCUT2D eigenvalue weighted by Crippen LogP contribution is -2.45. The van der Waals surface area contributed by atoms with Crippen molar-refractivity contribution in [1.82, 2.24) is 0 Å². The molecule has 5 nitrogen and oxygen atoms in total. The van der Waals surface area contributed by atoms with Crippen LogP contribution >= 0.6 is 15.9 Å². The van der Waals surface area contributed by atoms with Gasteiger partial charge in [-0.05, 0) is 31.5 Å². The number of carbonyl (C=O) groups excluding carboxylic acids is 2. The molecule has 1 aliphatic heterocycles. The van der Waals surface area contributed by atoms with E-state index in [0.29, 0.717) is 17.9 Å². The number of ether oxygens (including phenoxy) is 2. The van der Waals surface area contributed by atoms with Gasteiger partial charge in [0.15, 0.2) is 6.10 Å². The number of carbonyl (C=O) groups is 2. The van der Waals surface area contributed by atoms with Crippen LogP contribution in [-0.2, 0) is 14.3 Å². The van der Waals surface area contributed by atoms with Crippen molar-refractivity contribution in [2.24, 2.45) is 5.92 Å². The first-order chi connectivity index (χ1) is 9.56. The fourth-order valence-corrected chi connectivity index (χ4v) is 2.45. The highest BCUT2D eigenvalue weighted by Crippen LogP contribution is 2.34. The third kappa shape index (κ3) is 2.95. The maximum atomic E-state index is 12.1. The number of hydrogen-bond acceptors (Lipinski definition) is 4. The van der Waals surface area contributed by atoms with Gasteiger partial charge in [0.25, 0.3) is 5.91 Å². The Kier molecular flexibility index (Phi) is 4.65. The van der Waals surface area contributed by atoms with Crippen molar-refractivity contribution in [3.63, 3.8) is 0 Å². The van der Waals surface area contributed by atoms with E-state index in [-0.39, 0.29) is 12.5 Å². The quantitative estimate of drug-likeness (QED) is 0.855. The topological polar surface area (TPSA) is 64.6 Å². The van der Waals surface area contributed by atoms with Gasteiger partial charge >= 0.3 is 5.97 Å². The normalized spacial score (nSPS) is 18.6. The molecule has 2 rings (SSSR count). The van der Waals surface area contributed by atoms with Gasteiger partial charge in [-0.15, -0.1) is 0 Å². The number of fused-ring (bicyclic) bond motifs is 1. The molecule has 0 bridgehead atoms. The van der Waals surface area contributed by atoms with E-state index < -0.39 is 18.0 Å². The molecule has 6 heteroatoms. The summed E-state index contributed by atoms with van der Waals surface area (Å²) in [5, 5.41) is 2.76. The number of anilines is 1. The lowest BCUT2D eigenvalue weighted by Gasteiger charge is -2.30. The number of benzene rings is 1. The Balaban J connectivity index is 2.24. The van der Waals surface area contributed by atoms with Gasteiger partial charge in [-0.2, -0.15) is 0 Å². The summed E-state index contributed by atoms with van der Waals surface area (Å²) in [6.07, 6.45) is -0.388. The van der Waals surface area contributed by atoms with Crippen LogP contribution in [0.4, 0.5) is 5.69 Å². The average Bonchev–Trinajstić information content (AvgIpc) is 2.41. The summed E-state index contributed by atoms with van der Waals surface area (Å²) in [5.74, 6) is -0.790. The van der Waals surface area contributed by atoms with Gasteiger partial charge in [0, 0.05) is 4.47 Å². The third-order valence-electron chi connectivity index (χ3n) is 3.11. The molecule has 1 aliphatic rings. The Morgan fingerprint density at radius 3 is 2.90 bits per heavy atom. The minimum absolute atomic E-state index is 0.284. The number of rotatable bonds is 4. The van der Waals surface area contributed by atoms with Crippen molar-refractivity contribution in [2.45, 2.75) is 26.4 Å². The lowest BCUT2D eigenvalue weighted by molar-refractivity contribution is -0.154. The van der Waals surface area contributed by atoms with Crippen LogP contribution < -0.4 is 10.1 Å². The molecule has 1 aromatic carbocycles. The predicted molar refractivity (Wildman–Crippen MR) is 77.6 cm³/mol. The molecule has 0 aromatic heterocycles. The van der Waals surface area contributed by atoms with Crippen LogP contribution in [0.2, 0.25) is 0 Å². The van der Waals surface area contributed by atoms with Crippen molar-refractivity contribution in [3.8, 4) is 5.75 Å². The minimum atomic E-state index is -0.860. The van der Waals surface area contributed by atoms with Crippen molar-refractivity contribution in [2.75, 3.05) is 11.9 Å². The molecule has 1 N–H and O–H groups in total. The molecular weight excluding hydrogens is 326 g/mol. The highest BCUT2D eigenvalue weighted by molar-refractivity contribution is 9.10. The number of hydrogen-bond donors (Lipinski definition) is 1. The molecule has 0 fully saturated rings. The van der Waals surface area contributed by atoms with E-state index in [2.05, 4.69) is 21.2 Å². The highest BCUT2D eigenvalue weighted by Gasteiger charge is 2.38. The number of esters is 1. The molecule has 1 amide bonds. The average molecular weight is 342 g/mol. The second kappa shape index (κ2) is 6.26. The molecule has 0 saturated carbocycles. The molecule has 0 radical (unpaired) electrons. The summed E-state index contributed by atoms with van der Waals surface area (Å²) in [6.45, 7) is 3.85. The minimum Gasteiger partial charge on any atom is -0.477 e. The summed E-state index contributed by atoms with van der Waals surface area (Å²) in [4.78, 5) is 24.0. The summed E-state index contributed by atoms with van der Waals surface area (Å²) in [7, 11) is 0. The Morgan fingerprint density at radius 2 is 2.25 bits per heavy atom. The third-order valence-corrected chi connectivity index (χ3v) is 3.60. The smallest absolute Gasteiger partial charge is 0.313 e. The first-order valence-corrected chi connectivity index (χ1v) is 7.29. The molecule has 0 aliphatic carbocycles. The Labute approximate surface area is 125 Å². The maximum absolute atomic E-state index is 12.1. The van der Waals surface area contributed by atoms with E-state index >= 15 is 0 Å². The van der Waals surface area contributed by atoms with Crippen LogP contribution in [0.5, 0.6) is 5.75 Å². The zero-order chi connectivity index (χ0) is 14.7. The fraction of sp³-hybridized carbons (Fsp3) is 0.429. The van der Waals surface area contributed by atoms with E-state index in [4.69, 9.17) is 9.47 Å². The molecule has 108 valence electrons. The van der Waals surface area contributed by atoms with Gasteiger partial charge in [0.05, 0.1) is 12.3 Å². The molecule has 1 aromatic rings. The van der Waals surface area contributed by atoms with Crippen LogP contribution in [-0.4, -0.2) is 24.6 Å². The first-order valence-electron chi connectivity index (χ1n) is 6.50. The summed E-state index contributed by atoms with van der Waals surface area (Å²) in [5.41, 5.74) is 0.605. The largest absolute Gasteiger partial charge is 0.477 e. The van der Waals surface area contributed by atoms with Gasteiger partial charge in [0.1, 0.15) is 11.7 Å². The Morgan fingerprint density at radius 1 is 1.50 bits per heavy atom. The zero-order valence-corrected chi connectivity index (χ0v) is 12.9. The molecule has 2 unspecified atom stereocenters.